The molecule has 1 amide bonds. The monoisotopic (exact) mass is 337 g/mol. The fourth-order valence-electron chi connectivity index (χ4n) is 4.07. The third kappa shape index (κ3) is 2.12. The van der Waals surface area contributed by atoms with Crippen LogP contribution in [-0.2, 0) is 14.8 Å². The van der Waals surface area contributed by atoms with Crippen molar-refractivity contribution in [3.05, 3.63) is 30.1 Å². The summed E-state index contributed by atoms with van der Waals surface area (Å²) in [7, 11) is -3.33. The van der Waals surface area contributed by atoms with Gasteiger partial charge in [0.2, 0.25) is 10.0 Å². The number of amides is 1. The summed E-state index contributed by atoms with van der Waals surface area (Å²) in [6.45, 7) is 3.38. The van der Waals surface area contributed by atoms with Crippen molar-refractivity contribution < 1.29 is 17.9 Å². The van der Waals surface area contributed by atoms with Crippen LogP contribution in [0.5, 0.6) is 0 Å². The maximum atomic E-state index is 12.7. The van der Waals surface area contributed by atoms with Crippen LogP contribution in [-0.4, -0.2) is 71.6 Å². The number of morpholine rings is 1. The first-order chi connectivity index (χ1) is 11.0. The zero-order chi connectivity index (χ0) is 16.2. The Bertz CT molecular complexity index is 738. The summed E-state index contributed by atoms with van der Waals surface area (Å²) in [6.07, 6.45) is 3.44. The first-order valence-corrected chi connectivity index (χ1v) is 9.33. The van der Waals surface area contributed by atoms with Gasteiger partial charge in [-0.05, 0) is 18.6 Å². The largest absolute Gasteiger partial charge is 0.365 e. The van der Waals surface area contributed by atoms with Crippen molar-refractivity contribution >= 4 is 15.9 Å². The zero-order valence-electron chi connectivity index (χ0n) is 12.9. The molecule has 0 N–H and O–H groups in total. The number of aromatic nitrogens is 1. The number of likely N-dealkylation sites (tertiary alicyclic amines) is 1. The Morgan fingerprint density at radius 3 is 2.83 bits per heavy atom. The molecule has 4 rings (SSSR count). The molecule has 4 heterocycles. The minimum Gasteiger partial charge on any atom is -0.365 e. The number of carbonyl (C=O) groups is 1. The highest BCUT2D eigenvalue weighted by Crippen LogP contribution is 2.46. The van der Waals surface area contributed by atoms with Crippen molar-refractivity contribution in [2.24, 2.45) is 0 Å². The van der Waals surface area contributed by atoms with E-state index in [4.69, 9.17) is 4.74 Å². The van der Waals surface area contributed by atoms with E-state index < -0.39 is 20.9 Å². The molecule has 3 atom stereocenters. The first-order valence-electron chi connectivity index (χ1n) is 7.82. The van der Waals surface area contributed by atoms with E-state index in [-0.39, 0.29) is 12.0 Å². The molecule has 7 nitrogen and oxygen atoms in total. The molecule has 0 unspecified atom stereocenters. The number of pyridine rings is 1. The number of sulfonamides is 1. The third-order valence-electron chi connectivity index (χ3n) is 5.08. The van der Waals surface area contributed by atoms with Crippen molar-refractivity contribution in [3.63, 3.8) is 0 Å². The van der Waals surface area contributed by atoms with Gasteiger partial charge in [0.05, 0.1) is 12.6 Å². The number of likely N-dealkylation sites (N-methyl/N-ethyl adjacent to an activating group) is 1. The summed E-state index contributed by atoms with van der Waals surface area (Å²) < 4.78 is 32.8. The topological polar surface area (TPSA) is 79.8 Å². The molecule has 8 heteroatoms. The number of hydrogen-bond acceptors (Lipinski definition) is 5. The maximum Gasteiger partial charge on any atom is 0.254 e. The molecule has 0 aromatic carbocycles. The van der Waals surface area contributed by atoms with Crippen molar-refractivity contribution in [2.75, 3.05) is 26.2 Å². The van der Waals surface area contributed by atoms with E-state index in [0.29, 0.717) is 38.2 Å². The van der Waals surface area contributed by atoms with Crippen LogP contribution in [0.4, 0.5) is 0 Å². The summed E-state index contributed by atoms with van der Waals surface area (Å²) in [5.41, 5.74) is -0.206. The Kier molecular flexibility index (Phi) is 3.26. The van der Waals surface area contributed by atoms with Gasteiger partial charge in [0.1, 0.15) is 10.9 Å². The van der Waals surface area contributed by atoms with Gasteiger partial charge in [-0.1, -0.05) is 6.92 Å². The molecule has 1 aromatic rings. The van der Waals surface area contributed by atoms with Gasteiger partial charge in [0.15, 0.2) is 0 Å². The second kappa shape index (κ2) is 4.99. The van der Waals surface area contributed by atoms with E-state index >= 15 is 0 Å². The highest BCUT2D eigenvalue weighted by molar-refractivity contribution is 7.90. The van der Waals surface area contributed by atoms with Crippen LogP contribution < -0.4 is 0 Å². The smallest absolute Gasteiger partial charge is 0.254 e. The number of fused-ring (bicyclic) bond motifs is 1. The molecule has 0 saturated carbocycles. The predicted molar refractivity (Wildman–Crippen MR) is 82.3 cm³/mol. The molecular formula is C15H19N3O4S. The normalized spacial score (nSPS) is 35.3. The Labute approximate surface area is 135 Å². The quantitative estimate of drug-likeness (QED) is 0.765. The molecule has 0 radical (unpaired) electrons. The zero-order valence-corrected chi connectivity index (χ0v) is 13.7. The highest BCUT2D eigenvalue weighted by atomic mass is 32.2. The maximum absolute atomic E-state index is 12.7. The Morgan fingerprint density at radius 2 is 2.13 bits per heavy atom. The van der Waals surface area contributed by atoms with Crippen LogP contribution in [0.3, 0.4) is 0 Å². The lowest BCUT2D eigenvalue weighted by molar-refractivity contribution is -0.0974. The van der Waals surface area contributed by atoms with E-state index in [1.54, 1.807) is 29.4 Å². The average molecular weight is 337 g/mol. The molecule has 3 aliphatic rings. The minimum atomic E-state index is -3.33. The standard InChI is InChI=1S/C15H19N3O4S/c1-2-18-10-15-9-17(14(19)11-3-5-16-6-4-11)8-12(22-15)7-13(15)23(18,20)21/h3-6,12-13H,2,7-10H2,1H3/t12-,13+,15+/m1/s1. The Hall–Kier alpha value is -1.51. The van der Waals surface area contributed by atoms with Gasteiger partial charge in [0.25, 0.3) is 5.91 Å². The lowest BCUT2D eigenvalue weighted by Gasteiger charge is -2.39. The SMILES string of the molecule is CCN1C[C@@]23CN(C(=O)c4ccncc4)C[C@@H](C[C@@H]2S1(=O)=O)O3. The Morgan fingerprint density at radius 1 is 1.39 bits per heavy atom. The lowest BCUT2D eigenvalue weighted by atomic mass is 9.99. The van der Waals surface area contributed by atoms with Crippen molar-refractivity contribution in [2.45, 2.75) is 30.3 Å². The Balaban J connectivity index is 1.64. The van der Waals surface area contributed by atoms with Crippen LogP contribution in [0.15, 0.2) is 24.5 Å². The molecule has 124 valence electrons. The molecule has 0 aliphatic carbocycles. The second-order valence-electron chi connectivity index (χ2n) is 6.42. The van der Waals surface area contributed by atoms with Crippen LogP contribution >= 0.6 is 0 Å². The molecular weight excluding hydrogens is 318 g/mol. The predicted octanol–water partition coefficient (Wildman–Crippen LogP) is 0.0990. The van der Waals surface area contributed by atoms with Gasteiger partial charge < -0.3 is 9.64 Å². The number of nitrogens with zero attached hydrogens (tertiary/aromatic N) is 3. The van der Waals surface area contributed by atoms with E-state index in [1.165, 1.54) is 4.31 Å². The minimum absolute atomic E-state index is 0.0897. The molecule has 1 aromatic heterocycles. The molecule has 3 saturated heterocycles. The molecule has 3 aliphatic heterocycles. The van der Waals surface area contributed by atoms with Crippen LogP contribution in [0, 0.1) is 0 Å². The lowest BCUT2D eigenvalue weighted by Crippen LogP contribution is -2.56. The van der Waals surface area contributed by atoms with Gasteiger partial charge in [-0.3, -0.25) is 9.78 Å². The summed E-state index contributed by atoms with van der Waals surface area (Å²) >= 11 is 0. The summed E-state index contributed by atoms with van der Waals surface area (Å²) in [5.74, 6) is -0.0897. The summed E-state index contributed by atoms with van der Waals surface area (Å²) in [4.78, 5) is 18.4. The van der Waals surface area contributed by atoms with Crippen molar-refractivity contribution in [1.29, 1.82) is 0 Å². The van der Waals surface area contributed by atoms with Gasteiger partial charge in [-0.2, -0.15) is 4.31 Å². The van der Waals surface area contributed by atoms with E-state index in [9.17, 15) is 13.2 Å². The summed E-state index contributed by atoms with van der Waals surface area (Å²) in [5, 5.41) is -0.532. The second-order valence-corrected chi connectivity index (χ2v) is 8.54. The van der Waals surface area contributed by atoms with E-state index in [2.05, 4.69) is 4.98 Å². The van der Waals surface area contributed by atoms with Crippen molar-refractivity contribution in [3.8, 4) is 0 Å². The van der Waals surface area contributed by atoms with Crippen LogP contribution in [0.2, 0.25) is 0 Å². The summed E-state index contributed by atoms with van der Waals surface area (Å²) in [6, 6.07) is 3.36. The molecule has 1 spiro atoms. The number of carbonyl (C=O) groups excluding carboxylic acids is 1. The van der Waals surface area contributed by atoms with Gasteiger partial charge in [0, 0.05) is 37.6 Å². The van der Waals surface area contributed by atoms with Gasteiger partial charge in [-0.15, -0.1) is 0 Å². The van der Waals surface area contributed by atoms with E-state index in [1.807, 2.05) is 6.92 Å². The molecule has 3 fully saturated rings. The first kappa shape index (κ1) is 15.0. The average Bonchev–Trinajstić information content (AvgIpc) is 2.93. The highest BCUT2D eigenvalue weighted by Gasteiger charge is 2.65. The van der Waals surface area contributed by atoms with Crippen molar-refractivity contribution in [1.82, 2.24) is 14.2 Å². The number of hydrogen-bond donors (Lipinski definition) is 0. The van der Waals surface area contributed by atoms with E-state index in [0.717, 1.165) is 0 Å². The third-order valence-corrected chi connectivity index (χ3v) is 7.53. The van der Waals surface area contributed by atoms with Gasteiger partial charge >= 0.3 is 0 Å². The molecule has 23 heavy (non-hydrogen) atoms. The van der Waals surface area contributed by atoms with Crippen LogP contribution in [0.1, 0.15) is 23.7 Å². The fourth-order valence-corrected chi connectivity index (χ4v) is 6.39. The fraction of sp³-hybridized carbons (Fsp3) is 0.600. The number of ether oxygens (including phenoxy) is 1. The molecule has 2 bridgehead atoms. The van der Waals surface area contributed by atoms with Crippen LogP contribution in [0.25, 0.3) is 0 Å². The number of rotatable bonds is 2. The van der Waals surface area contributed by atoms with Gasteiger partial charge in [-0.25, -0.2) is 8.42 Å².